The second-order valence-electron chi connectivity index (χ2n) is 6.34. The predicted octanol–water partition coefficient (Wildman–Crippen LogP) is 2.67. The highest BCUT2D eigenvalue weighted by atomic mass is 16.6. The number of ketones is 1. The minimum absolute atomic E-state index is 0.120. The Morgan fingerprint density at radius 2 is 1.95 bits per heavy atom. The molecule has 21 heavy (non-hydrogen) atoms. The fourth-order valence-electron chi connectivity index (χ4n) is 2.17. The lowest BCUT2D eigenvalue weighted by atomic mass is 9.85. The van der Waals surface area contributed by atoms with E-state index in [0.29, 0.717) is 13.2 Å². The highest BCUT2D eigenvalue weighted by Gasteiger charge is 2.25. The van der Waals surface area contributed by atoms with Crippen LogP contribution in [0.25, 0.3) is 0 Å². The maximum absolute atomic E-state index is 12.1. The summed E-state index contributed by atoms with van der Waals surface area (Å²) in [7, 11) is 0. The number of carbonyl (C=O) groups excluding carboxylic acids is 1. The molecule has 0 unspecified atom stereocenters. The van der Waals surface area contributed by atoms with Crippen LogP contribution in [0.5, 0.6) is 0 Å². The molecule has 0 saturated carbocycles. The molecular weight excluding hydrogens is 266 g/mol. The second kappa shape index (κ2) is 8.66. The van der Waals surface area contributed by atoms with Gasteiger partial charge in [0.1, 0.15) is 0 Å². The van der Waals surface area contributed by atoms with Gasteiger partial charge in [-0.05, 0) is 26.0 Å². The Bertz CT molecular complexity index is 352. The number of ether oxygens (including phenoxy) is 2. The van der Waals surface area contributed by atoms with Gasteiger partial charge in [-0.15, -0.1) is 0 Å². The summed E-state index contributed by atoms with van der Waals surface area (Å²) in [4.78, 5) is 14.3. The third-order valence-corrected chi connectivity index (χ3v) is 4.39. The smallest absolute Gasteiger partial charge is 0.160 e. The van der Waals surface area contributed by atoms with Crippen LogP contribution in [0, 0.1) is 5.41 Å². The molecule has 1 saturated heterocycles. The van der Waals surface area contributed by atoms with Gasteiger partial charge in [0.2, 0.25) is 0 Å². The van der Waals surface area contributed by atoms with Crippen molar-refractivity contribution >= 4 is 5.78 Å². The highest BCUT2D eigenvalue weighted by Crippen LogP contribution is 2.21. The second-order valence-corrected chi connectivity index (χ2v) is 6.34. The highest BCUT2D eigenvalue weighted by molar-refractivity contribution is 5.94. The predicted molar refractivity (Wildman–Crippen MR) is 85.5 cm³/mol. The molecule has 0 aromatic rings. The first-order chi connectivity index (χ1) is 9.90. The van der Waals surface area contributed by atoms with Gasteiger partial charge in [-0.3, -0.25) is 9.69 Å². The first-order valence-corrected chi connectivity index (χ1v) is 8.07. The van der Waals surface area contributed by atoms with E-state index in [0.717, 1.165) is 26.1 Å². The average Bonchev–Trinajstić information content (AvgIpc) is 2.47. The molecule has 0 aliphatic carbocycles. The van der Waals surface area contributed by atoms with Crippen molar-refractivity contribution in [3.05, 3.63) is 12.2 Å². The van der Waals surface area contributed by atoms with E-state index in [-0.39, 0.29) is 23.4 Å². The molecule has 4 heteroatoms. The summed E-state index contributed by atoms with van der Waals surface area (Å²) in [5.41, 5.74) is -0.262. The zero-order chi connectivity index (χ0) is 15.9. The molecule has 0 amide bonds. The number of allylic oxidation sites excluding steroid dienone is 1. The van der Waals surface area contributed by atoms with E-state index in [1.807, 2.05) is 26.8 Å². The van der Waals surface area contributed by atoms with Crippen molar-refractivity contribution in [2.75, 3.05) is 32.8 Å². The zero-order valence-corrected chi connectivity index (χ0v) is 14.2. The van der Waals surface area contributed by atoms with Crippen LogP contribution in [0.3, 0.4) is 0 Å². The minimum atomic E-state index is -0.262. The topological polar surface area (TPSA) is 38.8 Å². The maximum Gasteiger partial charge on any atom is 0.160 e. The maximum atomic E-state index is 12.1. The van der Waals surface area contributed by atoms with Crippen molar-refractivity contribution in [2.45, 2.75) is 53.2 Å². The van der Waals surface area contributed by atoms with Gasteiger partial charge in [0.05, 0.1) is 25.4 Å². The Morgan fingerprint density at radius 1 is 1.29 bits per heavy atom. The van der Waals surface area contributed by atoms with E-state index in [1.54, 1.807) is 6.08 Å². The third kappa shape index (κ3) is 5.89. The molecule has 0 bridgehead atoms. The normalized spacial score (nSPS) is 23.9. The van der Waals surface area contributed by atoms with Gasteiger partial charge in [-0.2, -0.15) is 0 Å². The Hall–Kier alpha value is -0.710. The Morgan fingerprint density at radius 3 is 2.52 bits per heavy atom. The summed E-state index contributed by atoms with van der Waals surface area (Å²) in [5, 5.41) is 0. The van der Waals surface area contributed by atoms with Crippen molar-refractivity contribution in [2.24, 2.45) is 5.41 Å². The van der Waals surface area contributed by atoms with Crippen molar-refractivity contribution in [1.29, 1.82) is 0 Å². The lowest BCUT2D eigenvalue weighted by Gasteiger charge is -2.33. The molecule has 1 fully saturated rings. The molecule has 1 heterocycles. The molecular formula is C17H31NO3. The summed E-state index contributed by atoms with van der Waals surface area (Å²) in [6.45, 7) is 14.1. The van der Waals surface area contributed by atoms with E-state index in [4.69, 9.17) is 9.47 Å². The fourth-order valence-corrected chi connectivity index (χ4v) is 2.17. The molecule has 0 aromatic heterocycles. The first-order valence-electron chi connectivity index (χ1n) is 8.07. The molecule has 122 valence electrons. The van der Waals surface area contributed by atoms with Crippen LogP contribution in [0.4, 0.5) is 0 Å². The number of likely N-dealkylation sites (N-methyl/N-ethyl adjacent to an activating group) is 1. The third-order valence-electron chi connectivity index (χ3n) is 4.39. The van der Waals surface area contributed by atoms with Crippen LogP contribution < -0.4 is 0 Å². The van der Waals surface area contributed by atoms with Crippen LogP contribution in [-0.4, -0.2) is 55.7 Å². The van der Waals surface area contributed by atoms with Gasteiger partial charge in [0.15, 0.2) is 5.78 Å². The van der Waals surface area contributed by atoms with Gasteiger partial charge in [-0.1, -0.05) is 33.8 Å². The Kier molecular flexibility index (Phi) is 7.57. The van der Waals surface area contributed by atoms with Crippen LogP contribution in [-0.2, 0) is 14.3 Å². The lowest BCUT2D eigenvalue weighted by Crippen LogP contribution is -2.44. The number of hydrogen-bond acceptors (Lipinski definition) is 4. The van der Waals surface area contributed by atoms with Gasteiger partial charge in [0, 0.05) is 18.5 Å². The van der Waals surface area contributed by atoms with Crippen molar-refractivity contribution in [3.63, 3.8) is 0 Å². The molecule has 0 spiro atoms. The number of rotatable bonds is 8. The summed E-state index contributed by atoms with van der Waals surface area (Å²) in [6.07, 6.45) is 4.82. The molecule has 1 aliphatic rings. The van der Waals surface area contributed by atoms with Crippen molar-refractivity contribution in [1.82, 2.24) is 4.90 Å². The molecule has 0 aromatic carbocycles. The SMILES string of the molecule is CCN(C/C=C/C(=O)C(C)(C)CC)C[C@@H]1OCCO[C@@H]1C. The minimum Gasteiger partial charge on any atom is -0.373 e. The van der Waals surface area contributed by atoms with Crippen molar-refractivity contribution < 1.29 is 14.3 Å². The molecule has 0 radical (unpaired) electrons. The summed E-state index contributed by atoms with van der Waals surface area (Å²) < 4.78 is 11.4. The van der Waals surface area contributed by atoms with Gasteiger partial charge in [0.25, 0.3) is 0 Å². The number of nitrogens with zero attached hydrogens (tertiary/aromatic N) is 1. The van der Waals surface area contributed by atoms with Crippen LogP contribution >= 0.6 is 0 Å². The summed E-state index contributed by atoms with van der Waals surface area (Å²) in [6, 6.07) is 0. The lowest BCUT2D eigenvalue weighted by molar-refractivity contribution is -0.138. The number of carbonyl (C=O) groups is 1. The quantitative estimate of drug-likeness (QED) is 0.646. The van der Waals surface area contributed by atoms with Gasteiger partial charge in [-0.25, -0.2) is 0 Å². The molecule has 4 nitrogen and oxygen atoms in total. The number of hydrogen-bond donors (Lipinski definition) is 0. The standard InChI is InChI=1S/C17H31NO3/c1-6-17(4,5)16(19)9-8-10-18(7-2)13-15-14(3)20-11-12-21-15/h8-9,14-15H,6-7,10-13H2,1-5H3/b9-8+/t14-,15+/m1/s1. The zero-order valence-electron chi connectivity index (χ0n) is 14.2. The fraction of sp³-hybridized carbons (Fsp3) is 0.824. The molecule has 2 atom stereocenters. The van der Waals surface area contributed by atoms with E-state index in [9.17, 15) is 4.79 Å². The van der Waals surface area contributed by atoms with E-state index in [2.05, 4.69) is 18.7 Å². The monoisotopic (exact) mass is 297 g/mol. The largest absolute Gasteiger partial charge is 0.373 e. The average molecular weight is 297 g/mol. The van der Waals surface area contributed by atoms with Crippen LogP contribution in [0.1, 0.15) is 41.0 Å². The van der Waals surface area contributed by atoms with E-state index >= 15 is 0 Å². The molecule has 1 rings (SSSR count). The van der Waals surface area contributed by atoms with Gasteiger partial charge >= 0.3 is 0 Å². The van der Waals surface area contributed by atoms with Crippen LogP contribution in [0.2, 0.25) is 0 Å². The molecule has 0 N–H and O–H groups in total. The summed E-state index contributed by atoms with van der Waals surface area (Å²) >= 11 is 0. The molecule has 1 aliphatic heterocycles. The Balaban J connectivity index is 2.45. The summed E-state index contributed by atoms with van der Waals surface area (Å²) in [5.74, 6) is 0.201. The van der Waals surface area contributed by atoms with Crippen molar-refractivity contribution in [3.8, 4) is 0 Å². The van der Waals surface area contributed by atoms with E-state index in [1.165, 1.54) is 0 Å². The van der Waals surface area contributed by atoms with Gasteiger partial charge < -0.3 is 9.47 Å². The van der Waals surface area contributed by atoms with E-state index < -0.39 is 0 Å². The first kappa shape index (κ1) is 18.3. The van der Waals surface area contributed by atoms with Crippen LogP contribution in [0.15, 0.2) is 12.2 Å². The Labute approximate surface area is 129 Å².